The summed E-state index contributed by atoms with van der Waals surface area (Å²) in [6, 6.07) is 0.217. The first kappa shape index (κ1) is 28.4. The van der Waals surface area contributed by atoms with Gasteiger partial charge < -0.3 is 20.7 Å². The maximum atomic E-state index is 12.2. The van der Waals surface area contributed by atoms with Crippen LogP contribution >= 0.6 is 24.0 Å². The van der Waals surface area contributed by atoms with E-state index in [9.17, 15) is 9.00 Å². The Morgan fingerprint density at radius 3 is 2.55 bits per heavy atom. The van der Waals surface area contributed by atoms with Gasteiger partial charge in [0.15, 0.2) is 5.96 Å². The van der Waals surface area contributed by atoms with Crippen LogP contribution in [0.4, 0.5) is 4.79 Å². The number of aliphatic imine (C=N–C) groups is 1. The van der Waals surface area contributed by atoms with E-state index in [1.54, 1.807) is 6.92 Å². The number of amides is 1. The largest absolute Gasteiger partial charge is 0.450 e. The number of rotatable bonds is 10. The third-order valence-electron chi connectivity index (χ3n) is 4.79. The van der Waals surface area contributed by atoms with E-state index in [1.807, 2.05) is 13.8 Å². The second kappa shape index (κ2) is 16.2. The minimum Gasteiger partial charge on any atom is -0.450 e. The molecule has 1 rings (SSSR count). The summed E-state index contributed by atoms with van der Waals surface area (Å²) < 4.78 is 17.2. The molecule has 9 heteroatoms. The lowest BCUT2D eigenvalue weighted by Crippen LogP contribution is -2.47. The molecule has 0 aromatic heterocycles. The molecule has 1 amide bonds. The lowest BCUT2D eigenvalue weighted by Gasteiger charge is -2.30. The average molecular weight is 545 g/mol. The Bertz CT molecular complexity index is 520. The topological polar surface area (TPSA) is 91.8 Å². The van der Waals surface area contributed by atoms with Gasteiger partial charge in [-0.1, -0.05) is 27.2 Å². The Labute approximate surface area is 196 Å². The number of carbonyl (C=O) groups is 1. The van der Waals surface area contributed by atoms with Crippen LogP contribution in [0.2, 0.25) is 0 Å². The summed E-state index contributed by atoms with van der Waals surface area (Å²) in [4.78, 5) is 16.5. The van der Waals surface area contributed by atoms with Crippen LogP contribution in [0.3, 0.4) is 0 Å². The van der Waals surface area contributed by atoms with Crippen LogP contribution in [0.15, 0.2) is 4.99 Å². The molecule has 4 unspecified atom stereocenters. The third kappa shape index (κ3) is 12.0. The highest BCUT2D eigenvalue weighted by Crippen LogP contribution is 2.23. The molecule has 0 heterocycles. The smallest absolute Gasteiger partial charge is 0.407 e. The Hall–Kier alpha value is -0.580. The molecule has 1 fully saturated rings. The molecule has 0 aliphatic heterocycles. The molecule has 3 N–H and O–H groups in total. The number of halogens is 1. The van der Waals surface area contributed by atoms with Gasteiger partial charge in [-0.15, -0.1) is 24.0 Å². The number of alkyl carbamates (subject to hydrolysis) is 1. The predicted octanol–water partition coefficient (Wildman–Crippen LogP) is 3.40. The molecule has 0 aromatic carbocycles. The van der Waals surface area contributed by atoms with Crippen molar-refractivity contribution in [1.82, 2.24) is 16.0 Å². The molecular weight excluding hydrogens is 503 g/mol. The average Bonchev–Trinajstić information content (AvgIpc) is 2.65. The molecule has 4 atom stereocenters. The van der Waals surface area contributed by atoms with E-state index in [2.05, 4.69) is 29.8 Å². The van der Waals surface area contributed by atoms with Gasteiger partial charge in [0.25, 0.3) is 0 Å². The number of ether oxygens (including phenoxy) is 1. The number of hydrogen-bond acceptors (Lipinski definition) is 4. The minimum atomic E-state index is -0.741. The summed E-state index contributed by atoms with van der Waals surface area (Å²) in [5.74, 6) is 1.93. The summed E-state index contributed by atoms with van der Waals surface area (Å²) in [7, 11) is -0.741. The summed E-state index contributed by atoms with van der Waals surface area (Å²) in [6.45, 7) is 11.7. The normalized spacial score (nSPS) is 21.7. The molecule has 0 aromatic rings. The van der Waals surface area contributed by atoms with Crippen LogP contribution < -0.4 is 16.0 Å². The number of nitrogens with zero attached hydrogens (tertiary/aromatic N) is 1. The van der Waals surface area contributed by atoms with Gasteiger partial charge in [-0.3, -0.25) is 9.20 Å². The standard InChI is InChI=1S/C20H40N4O3S.HI/c1-6-21-19(23-16-10-9-11-18(13-16)28(26)8-3)22-14-17(12-15(4)5)24-20(25)27-7-2;/h15-18H,6-14H2,1-5H3,(H,24,25)(H2,21,22,23);1H. The molecule has 1 aliphatic rings. The Morgan fingerprint density at radius 1 is 1.24 bits per heavy atom. The summed E-state index contributed by atoms with van der Waals surface area (Å²) in [5.41, 5.74) is 0. The van der Waals surface area contributed by atoms with Gasteiger partial charge in [0.2, 0.25) is 0 Å². The second-order valence-electron chi connectivity index (χ2n) is 7.71. The van der Waals surface area contributed by atoms with E-state index in [4.69, 9.17) is 9.73 Å². The maximum Gasteiger partial charge on any atom is 0.407 e. The van der Waals surface area contributed by atoms with Crippen LogP contribution in [0.25, 0.3) is 0 Å². The van der Waals surface area contributed by atoms with Crippen LogP contribution in [0.5, 0.6) is 0 Å². The first-order chi connectivity index (χ1) is 13.4. The van der Waals surface area contributed by atoms with Crippen LogP contribution in [0.1, 0.15) is 66.7 Å². The molecular formula is C20H41IN4O3S. The van der Waals surface area contributed by atoms with E-state index in [0.717, 1.165) is 50.4 Å². The van der Waals surface area contributed by atoms with Crippen molar-refractivity contribution in [3.63, 3.8) is 0 Å². The second-order valence-corrected chi connectivity index (χ2v) is 9.72. The maximum absolute atomic E-state index is 12.2. The Kier molecular flexibility index (Phi) is 15.8. The van der Waals surface area contributed by atoms with Crippen molar-refractivity contribution in [3.8, 4) is 0 Å². The molecule has 172 valence electrons. The molecule has 0 radical (unpaired) electrons. The lowest BCUT2D eigenvalue weighted by molar-refractivity contribution is 0.147. The fourth-order valence-corrected chi connectivity index (χ4v) is 4.90. The van der Waals surface area contributed by atoms with Crippen molar-refractivity contribution in [2.75, 3.05) is 25.4 Å². The van der Waals surface area contributed by atoms with Gasteiger partial charge in [-0.05, 0) is 45.4 Å². The Morgan fingerprint density at radius 2 is 1.97 bits per heavy atom. The number of carbonyl (C=O) groups excluding carboxylic acids is 1. The zero-order valence-electron chi connectivity index (χ0n) is 18.7. The molecule has 0 saturated heterocycles. The van der Waals surface area contributed by atoms with E-state index in [0.29, 0.717) is 19.1 Å². The van der Waals surface area contributed by atoms with Crippen molar-refractivity contribution in [3.05, 3.63) is 0 Å². The SMILES string of the molecule is CCNC(=NCC(CC(C)C)NC(=O)OCC)NC1CCCC(S(=O)CC)C1.I. The molecule has 0 spiro atoms. The van der Waals surface area contributed by atoms with Gasteiger partial charge in [-0.2, -0.15) is 0 Å². The van der Waals surface area contributed by atoms with E-state index >= 15 is 0 Å². The van der Waals surface area contributed by atoms with Crippen molar-refractivity contribution in [2.45, 2.75) is 84.1 Å². The van der Waals surface area contributed by atoms with Crippen molar-refractivity contribution in [1.29, 1.82) is 0 Å². The number of hydrogen-bond donors (Lipinski definition) is 3. The first-order valence-corrected chi connectivity index (χ1v) is 12.1. The zero-order valence-corrected chi connectivity index (χ0v) is 21.8. The van der Waals surface area contributed by atoms with E-state index in [-0.39, 0.29) is 41.3 Å². The van der Waals surface area contributed by atoms with Gasteiger partial charge in [0.05, 0.1) is 19.2 Å². The predicted molar refractivity (Wildman–Crippen MR) is 133 cm³/mol. The Balaban J connectivity index is 0.00000784. The van der Waals surface area contributed by atoms with Gasteiger partial charge >= 0.3 is 6.09 Å². The fourth-order valence-electron chi connectivity index (χ4n) is 3.55. The van der Waals surface area contributed by atoms with Crippen LogP contribution in [-0.4, -0.2) is 59.0 Å². The van der Waals surface area contributed by atoms with Crippen molar-refractivity contribution in [2.24, 2.45) is 10.9 Å². The highest BCUT2D eigenvalue weighted by Gasteiger charge is 2.26. The summed E-state index contributed by atoms with van der Waals surface area (Å²) in [5, 5.41) is 10.00. The molecule has 1 saturated carbocycles. The number of guanidine groups is 1. The van der Waals surface area contributed by atoms with Crippen LogP contribution in [0, 0.1) is 5.92 Å². The van der Waals surface area contributed by atoms with Crippen molar-refractivity contribution >= 4 is 46.8 Å². The molecule has 1 aliphatic carbocycles. The fraction of sp³-hybridized carbons (Fsp3) is 0.900. The highest BCUT2D eigenvalue weighted by molar-refractivity contribution is 14.0. The van der Waals surface area contributed by atoms with Gasteiger partial charge in [0.1, 0.15) is 0 Å². The highest BCUT2D eigenvalue weighted by atomic mass is 127. The first-order valence-electron chi connectivity index (χ1n) is 10.7. The molecule has 7 nitrogen and oxygen atoms in total. The summed E-state index contributed by atoms with van der Waals surface area (Å²) >= 11 is 0. The zero-order chi connectivity index (χ0) is 20.9. The van der Waals surface area contributed by atoms with Gasteiger partial charge in [-0.25, -0.2) is 4.79 Å². The molecule has 0 bridgehead atoms. The van der Waals surface area contributed by atoms with E-state index < -0.39 is 16.9 Å². The number of nitrogens with one attached hydrogen (secondary N) is 3. The minimum absolute atomic E-state index is 0. The van der Waals surface area contributed by atoms with Crippen molar-refractivity contribution < 1.29 is 13.7 Å². The van der Waals surface area contributed by atoms with Gasteiger partial charge in [0, 0.05) is 34.4 Å². The monoisotopic (exact) mass is 544 g/mol. The third-order valence-corrected chi connectivity index (χ3v) is 6.53. The molecule has 29 heavy (non-hydrogen) atoms. The quantitative estimate of drug-likeness (QED) is 0.223. The van der Waals surface area contributed by atoms with Crippen LogP contribution in [-0.2, 0) is 15.5 Å². The van der Waals surface area contributed by atoms with E-state index in [1.165, 1.54) is 0 Å². The summed E-state index contributed by atoms with van der Waals surface area (Å²) in [6.07, 6.45) is 4.57. The lowest BCUT2D eigenvalue weighted by atomic mass is 9.95.